The predicted molar refractivity (Wildman–Crippen MR) is 116 cm³/mol. The van der Waals surface area contributed by atoms with Crippen LogP contribution < -0.4 is 14.2 Å². The molecule has 8 heteroatoms. The van der Waals surface area contributed by atoms with Crippen LogP contribution in [-0.4, -0.2) is 32.1 Å². The van der Waals surface area contributed by atoms with Gasteiger partial charge in [0.1, 0.15) is 5.01 Å². The molecule has 0 saturated carbocycles. The van der Waals surface area contributed by atoms with E-state index in [4.69, 9.17) is 25.8 Å². The zero-order valence-electron chi connectivity index (χ0n) is 16.6. The van der Waals surface area contributed by atoms with Gasteiger partial charge in [0, 0.05) is 22.4 Å². The zero-order chi connectivity index (χ0) is 21.7. The molecule has 0 amide bonds. The summed E-state index contributed by atoms with van der Waals surface area (Å²) in [5, 5.41) is 12.6. The summed E-state index contributed by atoms with van der Waals surface area (Å²) in [5.74, 6) is 0.124. The molecule has 0 radical (unpaired) electrons. The van der Waals surface area contributed by atoms with Gasteiger partial charge in [-0.15, -0.1) is 11.3 Å². The van der Waals surface area contributed by atoms with Crippen LogP contribution in [0.5, 0.6) is 17.2 Å². The minimum Gasteiger partial charge on any atom is -0.493 e. The molecule has 0 aliphatic carbocycles. The van der Waals surface area contributed by atoms with Crippen LogP contribution in [0.4, 0.5) is 0 Å². The molecule has 3 rings (SSSR count). The number of rotatable bonds is 8. The Morgan fingerprint density at radius 3 is 2.30 bits per heavy atom. The SMILES string of the molecule is COc1cc(CC(=O)C(C#N)c2nc(-c3ccc(Cl)cc3)cs2)cc(OC)c1OC. The molecule has 0 spiro atoms. The average Bonchev–Trinajstić information content (AvgIpc) is 3.23. The molecule has 2 aromatic carbocycles. The molecule has 3 aromatic rings. The van der Waals surface area contributed by atoms with E-state index in [1.807, 2.05) is 17.5 Å². The first-order valence-electron chi connectivity index (χ1n) is 8.93. The van der Waals surface area contributed by atoms with Gasteiger partial charge in [0.05, 0.1) is 33.1 Å². The Morgan fingerprint density at radius 1 is 1.13 bits per heavy atom. The lowest BCUT2D eigenvalue weighted by atomic mass is 9.99. The smallest absolute Gasteiger partial charge is 0.203 e. The molecular weight excluding hydrogens is 424 g/mol. The molecule has 1 aromatic heterocycles. The second kappa shape index (κ2) is 9.61. The number of nitrogens with zero attached hydrogens (tertiary/aromatic N) is 2. The van der Waals surface area contributed by atoms with Gasteiger partial charge in [-0.2, -0.15) is 5.26 Å². The molecule has 0 N–H and O–H groups in total. The van der Waals surface area contributed by atoms with Gasteiger partial charge in [0.2, 0.25) is 5.75 Å². The van der Waals surface area contributed by atoms with Gasteiger partial charge in [0.25, 0.3) is 0 Å². The number of halogens is 1. The summed E-state index contributed by atoms with van der Waals surface area (Å²) in [6.45, 7) is 0. The summed E-state index contributed by atoms with van der Waals surface area (Å²) in [5.41, 5.74) is 2.23. The number of methoxy groups -OCH3 is 3. The second-order valence-corrected chi connectivity index (χ2v) is 7.64. The van der Waals surface area contributed by atoms with Crippen molar-refractivity contribution >= 4 is 28.7 Å². The Morgan fingerprint density at radius 2 is 1.77 bits per heavy atom. The maximum absolute atomic E-state index is 12.9. The van der Waals surface area contributed by atoms with Gasteiger partial charge in [0.15, 0.2) is 23.2 Å². The molecule has 1 unspecified atom stereocenters. The first kappa shape index (κ1) is 21.6. The van der Waals surface area contributed by atoms with E-state index in [2.05, 4.69) is 11.1 Å². The fourth-order valence-corrected chi connectivity index (χ4v) is 4.00. The van der Waals surface area contributed by atoms with Crippen LogP contribution in [-0.2, 0) is 11.2 Å². The van der Waals surface area contributed by atoms with Crippen molar-refractivity contribution in [2.24, 2.45) is 0 Å². The van der Waals surface area contributed by atoms with Crippen molar-refractivity contribution in [1.82, 2.24) is 4.98 Å². The van der Waals surface area contributed by atoms with Crippen molar-refractivity contribution in [3.05, 3.63) is 57.4 Å². The van der Waals surface area contributed by atoms with Crippen LogP contribution in [0.1, 0.15) is 16.5 Å². The van der Waals surface area contributed by atoms with Crippen LogP contribution >= 0.6 is 22.9 Å². The summed E-state index contributed by atoms with van der Waals surface area (Å²) in [7, 11) is 4.53. The first-order chi connectivity index (χ1) is 14.5. The number of benzene rings is 2. The van der Waals surface area contributed by atoms with E-state index in [1.165, 1.54) is 32.7 Å². The number of ketones is 1. The van der Waals surface area contributed by atoms with Crippen molar-refractivity contribution in [3.8, 4) is 34.6 Å². The molecule has 30 heavy (non-hydrogen) atoms. The van der Waals surface area contributed by atoms with Crippen molar-refractivity contribution < 1.29 is 19.0 Å². The van der Waals surface area contributed by atoms with E-state index < -0.39 is 5.92 Å². The highest BCUT2D eigenvalue weighted by Gasteiger charge is 2.25. The quantitative estimate of drug-likeness (QED) is 0.493. The molecule has 6 nitrogen and oxygen atoms in total. The second-order valence-electron chi connectivity index (χ2n) is 6.32. The molecule has 0 fully saturated rings. The van der Waals surface area contributed by atoms with Gasteiger partial charge in [-0.05, 0) is 29.8 Å². The van der Waals surface area contributed by atoms with Gasteiger partial charge >= 0.3 is 0 Å². The number of carbonyl (C=O) groups excluding carboxylic acids is 1. The van der Waals surface area contributed by atoms with Crippen molar-refractivity contribution in [2.75, 3.05) is 21.3 Å². The van der Waals surface area contributed by atoms with Crippen LogP contribution in [0.25, 0.3) is 11.3 Å². The Kier molecular flexibility index (Phi) is 6.93. The molecule has 0 bridgehead atoms. The van der Waals surface area contributed by atoms with Crippen LogP contribution in [0.15, 0.2) is 41.8 Å². The average molecular weight is 443 g/mol. The lowest BCUT2D eigenvalue weighted by Gasteiger charge is -2.14. The van der Waals surface area contributed by atoms with Crippen molar-refractivity contribution in [3.63, 3.8) is 0 Å². The maximum atomic E-state index is 12.9. The molecule has 154 valence electrons. The fraction of sp³-hybridized carbons (Fsp3) is 0.227. The molecule has 0 saturated heterocycles. The number of hydrogen-bond donors (Lipinski definition) is 0. The number of nitriles is 1. The van der Waals surface area contributed by atoms with Crippen molar-refractivity contribution in [1.29, 1.82) is 5.26 Å². The van der Waals surface area contributed by atoms with Gasteiger partial charge in [-0.3, -0.25) is 4.79 Å². The minimum absolute atomic E-state index is 0.0325. The van der Waals surface area contributed by atoms with E-state index in [1.54, 1.807) is 24.3 Å². The number of carbonyl (C=O) groups is 1. The largest absolute Gasteiger partial charge is 0.493 e. The van der Waals surface area contributed by atoms with Gasteiger partial charge in [-0.1, -0.05) is 23.7 Å². The molecular formula is C22H19ClN2O4S. The summed E-state index contributed by atoms with van der Waals surface area (Å²) in [4.78, 5) is 17.4. The maximum Gasteiger partial charge on any atom is 0.203 e. The number of thiazole rings is 1. The highest BCUT2D eigenvalue weighted by molar-refractivity contribution is 7.10. The normalized spacial score (nSPS) is 11.4. The van der Waals surface area contributed by atoms with Crippen LogP contribution in [0, 0.1) is 11.3 Å². The van der Waals surface area contributed by atoms with E-state index in [-0.39, 0.29) is 12.2 Å². The first-order valence-corrected chi connectivity index (χ1v) is 10.2. The third-order valence-corrected chi connectivity index (χ3v) is 5.62. The third-order valence-electron chi connectivity index (χ3n) is 4.46. The number of hydrogen-bond acceptors (Lipinski definition) is 7. The predicted octanol–water partition coefficient (Wildman–Crippen LogP) is 4.91. The number of ether oxygens (including phenoxy) is 3. The lowest BCUT2D eigenvalue weighted by Crippen LogP contribution is -2.13. The Labute approximate surface area is 183 Å². The highest BCUT2D eigenvalue weighted by Crippen LogP contribution is 2.38. The Balaban J connectivity index is 1.84. The van der Waals surface area contributed by atoms with Crippen LogP contribution in [0.3, 0.4) is 0 Å². The topological polar surface area (TPSA) is 81.4 Å². The molecule has 0 aliphatic rings. The summed E-state index contributed by atoms with van der Waals surface area (Å²) in [6.07, 6.45) is 0.0325. The summed E-state index contributed by atoms with van der Waals surface area (Å²) in [6, 6.07) is 12.7. The Hall–Kier alpha value is -3.08. The molecule has 1 heterocycles. The van der Waals surface area contributed by atoms with Gasteiger partial charge in [-0.25, -0.2) is 4.98 Å². The van der Waals surface area contributed by atoms with E-state index in [9.17, 15) is 10.1 Å². The van der Waals surface area contributed by atoms with Gasteiger partial charge < -0.3 is 14.2 Å². The highest BCUT2D eigenvalue weighted by atomic mass is 35.5. The Bertz CT molecular complexity index is 1060. The zero-order valence-corrected chi connectivity index (χ0v) is 18.2. The minimum atomic E-state index is -0.963. The molecule has 1 atom stereocenters. The third kappa shape index (κ3) is 4.56. The number of Topliss-reactive ketones (excluding diaryl/α,β-unsaturated/α-hetero) is 1. The summed E-state index contributed by atoms with van der Waals surface area (Å²) >= 11 is 7.21. The van der Waals surface area contributed by atoms with E-state index in [0.717, 1.165) is 5.56 Å². The van der Waals surface area contributed by atoms with Crippen LogP contribution in [0.2, 0.25) is 5.02 Å². The lowest BCUT2D eigenvalue weighted by molar-refractivity contribution is -0.118. The number of aromatic nitrogens is 1. The molecule has 0 aliphatic heterocycles. The monoisotopic (exact) mass is 442 g/mol. The standard InChI is InChI=1S/C22H19ClN2O4S/c1-27-19-9-13(10-20(28-2)21(19)29-3)8-18(26)16(11-24)22-25-17(12-30-22)14-4-6-15(23)7-5-14/h4-7,9-10,12,16H,8H2,1-3H3. The fourth-order valence-electron chi connectivity index (χ4n) is 2.98. The van der Waals surface area contributed by atoms with E-state index >= 15 is 0 Å². The summed E-state index contributed by atoms with van der Waals surface area (Å²) < 4.78 is 16.0. The van der Waals surface area contributed by atoms with E-state index in [0.29, 0.717) is 38.5 Å². The van der Waals surface area contributed by atoms with Crippen molar-refractivity contribution in [2.45, 2.75) is 12.3 Å².